The second kappa shape index (κ2) is 5.38. The topological polar surface area (TPSA) is 64.6 Å². The summed E-state index contributed by atoms with van der Waals surface area (Å²) in [6, 6.07) is 0. The average molecular weight is 323 g/mol. The quantitative estimate of drug-likeness (QED) is 0.634. The van der Waals surface area contributed by atoms with Crippen LogP contribution in [0, 0.1) is 22.7 Å². The van der Waals surface area contributed by atoms with E-state index in [1.54, 1.807) is 13.8 Å². The Balaban J connectivity index is 1.57. The van der Waals surface area contributed by atoms with E-state index in [0.29, 0.717) is 16.7 Å². The maximum Gasteiger partial charge on any atom is 0.410 e. The van der Waals surface area contributed by atoms with E-state index in [-0.39, 0.29) is 24.2 Å². The van der Waals surface area contributed by atoms with Crippen LogP contribution in [0.15, 0.2) is 0 Å². The number of ether oxygens (including phenoxy) is 2. The molecule has 0 spiro atoms. The molecule has 0 radical (unpaired) electrons. The standard InChI is InChI=1S/C18H29NO4/c1-12(2)14(20)22-11-23-15(21)19-18-7-13-5-16(3,9-18)8-17(4,6-13)10-18/h12-13H,5-11H2,1-4H3,(H,19,21). The van der Waals surface area contributed by atoms with Crippen LogP contribution in [-0.4, -0.2) is 24.4 Å². The first-order valence-electron chi connectivity index (χ1n) is 8.74. The van der Waals surface area contributed by atoms with Crippen molar-refractivity contribution in [3.8, 4) is 0 Å². The summed E-state index contributed by atoms with van der Waals surface area (Å²) in [4.78, 5) is 23.5. The zero-order valence-electron chi connectivity index (χ0n) is 14.7. The molecule has 0 heterocycles. The van der Waals surface area contributed by atoms with Gasteiger partial charge in [0.1, 0.15) is 0 Å². The molecular weight excluding hydrogens is 294 g/mol. The number of carbonyl (C=O) groups excluding carboxylic acids is 2. The lowest BCUT2D eigenvalue weighted by Gasteiger charge is -2.65. The number of rotatable bonds is 4. The lowest BCUT2D eigenvalue weighted by atomic mass is 9.43. The molecule has 0 aliphatic heterocycles. The summed E-state index contributed by atoms with van der Waals surface area (Å²) in [7, 11) is 0. The van der Waals surface area contributed by atoms with Crippen molar-refractivity contribution in [2.75, 3.05) is 6.79 Å². The number of carbonyl (C=O) groups is 2. The highest BCUT2D eigenvalue weighted by atomic mass is 16.7. The Morgan fingerprint density at radius 3 is 2.17 bits per heavy atom. The first kappa shape index (κ1) is 16.6. The van der Waals surface area contributed by atoms with Crippen molar-refractivity contribution in [3.05, 3.63) is 0 Å². The number of hydrogen-bond donors (Lipinski definition) is 1. The van der Waals surface area contributed by atoms with Crippen molar-refractivity contribution in [1.29, 1.82) is 0 Å². The van der Waals surface area contributed by atoms with Crippen LogP contribution in [0.1, 0.15) is 66.2 Å². The molecule has 4 aliphatic carbocycles. The van der Waals surface area contributed by atoms with Gasteiger partial charge in [-0.15, -0.1) is 0 Å². The molecule has 2 atom stereocenters. The van der Waals surface area contributed by atoms with Gasteiger partial charge in [0.2, 0.25) is 6.79 Å². The summed E-state index contributed by atoms with van der Waals surface area (Å²) in [5.41, 5.74) is 0.541. The van der Waals surface area contributed by atoms with Crippen LogP contribution in [0.5, 0.6) is 0 Å². The average Bonchev–Trinajstić information content (AvgIpc) is 2.32. The summed E-state index contributed by atoms with van der Waals surface area (Å²) >= 11 is 0. The van der Waals surface area contributed by atoms with E-state index in [1.165, 1.54) is 19.3 Å². The molecule has 0 aromatic rings. The third kappa shape index (κ3) is 3.33. The van der Waals surface area contributed by atoms with Gasteiger partial charge in [-0.3, -0.25) is 4.79 Å². The van der Waals surface area contributed by atoms with Crippen molar-refractivity contribution in [1.82, 2.24) is 5.32 Å². The van der Waals surface area contributed by atoms with Crippen LogP contribution in [0.4, 0.5) is 4.79 Å². The molecule has 2 unspecified atom stereocenters. The maximum absolute atomic E-state index is 12.2. The van der Waals surface area contributed by atoms with E-state index < -0.39 is 6.09 Å². The van der Waals surface area contributed by atoms with Gasteiger partial charge >= 0.3 is 12.1 Å². The first-order valence-corrected chi connectivity index (χ1v) is 8.74. The summed E-state index contributed by atoms with van der Waals surface area (Å²) in [5, 5.41) is 3.13. The number of nitrogens with one attached hydrogen (secondary N) is 1. The Labute approximate surface area is 138 Å². The highest BCUT2D eigenvalue weighted by Gasteiger charge is 2.60. The molecule has 0 saturated heterocycles. The Hall–Kier alpha value is -1.26. The summed E-state index contributed by atoms with van der Waals surface area (Å²) in [6.07, 6.45) is 6.50. The Kier molecular flexibility index (Phi) is 3.88. The molecular formula is C18H29NO4. The molecule has 4 bridgehead atoms. The molecule has 5 nitrogen and oxygen atoms in total. The van der Waals surface area contributed by atoms with E-state index in [4.69, 9.17) is 9.47 Å². The number of hydrogen-bond acceptors (Lipinski definition) is 4. The number of amides is 1. The minimum Gasteiger partial charge on any atom is -0.428 e. The Morgan fingerprint density at radius 2 is 1.65 bits per heavy atom. The molecule has 23 heavy (non-hydrogen) atoms. The van der Waals surface area contributed by atoms with Crippen LogP contribution < -0.4 is 5.32 Å². The fraction of sp³-hybridized carbons (Fsp3) is 0.889. The van der Waals surface area contributed by atoms with Gasteiger partial charge in [-0.05, 0) is 55.3 Å². The zero-order valence-corrected chi connectivity index (χ0v) is 14.7. The van der Waals surface area contributed by atoms with Crippen LogP contribution in [0.2, 0.25) is 0 Å². The van der Waals surface area contributed by atoms with Gasteiger partial charge in [-0.2, -0.15) is 0 Å². The molecule has 4 saturated carbocycles. The first-order chi connectivity index (χ1) is 10.6. The largest absolute Gasteiger partial charge is 0.428 e. The minimum absolute atomic E-state index is 0.137. The van der Waals surface area contributed by atoms with Crippen LogP contribution in [-0.2, 0) is 14.3 Å². The van der Waals surface area contributed by atoms with E-state index in [1.807, 2.05) is 0 Å². The Morgan fingerprint density at radius 1 is 1.04 bits per heavy atom. The molecule has 1 amide bonds. The number of alkyl carbamates (subject to hydrolysis) is 1. The SMILES string of the molecule is CC(C)C(=O)OCOC(=O)NC12CC3CC(C)(CC(C)(C3)C1)C2. The smallest absolute Gasteiger partial charge is 0.410 e. The van der Waals surface area contributed by atoms with Gasteiger partial charge in [-0.25, -0.2) is 4.79 Å². The molecule has 0 aromatic heterocycles. The lowest BCUT2D eigenvalue weighted by Crippen LogP contribution is -2.65. The summed E-state index contributed by atoms with van der Waals surface area (Å²) < 4.78 is 9.99. The predicted molar refractivity (Wildman–Crippen MR) is 85.6 cm³/mol. The van der Waals surface area contributed by atoms with Gasteiger partial charge in [0.15, 0.2) is 0 Å². The third-order valence-corrected chi connectivity index (χ3v) is 5.86. The second-order valence-corrected chi connectivity index (χ2v) is 9.20. The van der Waals surface area contributed by atoms with Gasteiger partial charge in [-0.1, -0.05) is 27.7 Å². The predicted octanol–water partition coefficient (Wildman–Crippen LogP) is 3.62. The molecule has 0 aromatic carbocycles. The van der Waals surface area contributed by atoms with Gasteiger partial charge < -0.3 is 14.8 Å². The normalized spacial score (nSPS) is 41.0. The number of esters is 1. The fourth-order valence-electron chi connectivity index (χ4n) is 6.15. The van der Waals surface area contributed by atoms with Crippen molar-refractivity contribution in [2.24, 2.45) is 22.7 Å². The van der Waals surface area contributed by atoms with Crippen molar-refractivity contribution in [3.63, 3.8) is 0 Å². The molecule has 5 heteroatoms. The molecule has 4 fully saturated rings. The van der Waals surface area contributed by atoms with Gasteiger partial charge in [0.05, 0.1) is 5.92 Å². The minimum atomic E-state index is -0.462. The van der Waals surface area contributed by atoms with Gasteiger partial charge in [0, 0.05) is 5.54 Å². The van der Waals surface area contributed by atoms with Crippen molar-refractivity contribution in [2.45, 2.75) is 71.8 Å². The second-order valence-electron chi connectivity index (χ2n) is 9.20. The fourth-order valence-corrected chi connectivity index (χ4v) is 6.15. The molecule has 4 rings (SSSR count). The Bertz CT molecular complexity index is 497. The zero-order chi connectivity index (χ0) is 16.9. The highest BCUT2D eigenvalue weighted by Crippen LogP contribution is 2.66. The van der Waals surface area contributed by atoms with Crippen molar-refractivity contribution < 1.29 is 19.1 Å². The highest BCUT2D eigenvalue weighted by molar-refractivity contribution is 5.72. The molecule has 130 valence electrons. The molecule has 4 aliphatic rings. The van der Waals surface area contributed by atoms with E-state index in [0.717, 1.165) is 19.3 Å². The lowest BCUT2D eigenvalue weighted by molar-refractivity contribution is -0.156. The van der Waals surface area contributed by atoms with Crippen molar-refractivity contribution >= 4 is 12.1 Å². The third-order valence-electron chi connectivity index (χ3n) is 5.86. The van der Waals surface area contributed by atoms with Crippen LogP contribution in [0.25, 0.3) is 0 Å². The van der Waals surface area contributed by atoms with E-state index >= 15 is 0 Å². The molecule has 1 N–H and O–H groups in total. The van der Waals surface area contributed by atoms with Crippen LogP contribution in [0.3, 0.4) is 0 Å². The monoisotopic (exact) mass is 323 g/mol. The summed E-state index contributed by atoms with van der Waals surface area (Å²) in [5.74, 6) is 0.137. The maximum atomic E-state index is 12.2. The summed E-state index contributed by atoms with van der Waals surface area (Å²) in [6.45, 7) is 7.92. The van der Waals surface area contributed by atoms with E-state index in [2.05, 4.69) is 19.2 Å². The van der Waals surface area contributed by atoms with Gasteiger partial charge in [0.25, 0.3) is 0 Å². The van der Waals surface area contributed by atoms with Crippen LogP contribution >= 0.6 is 0 Å². The van der Waals surface area contributed by atoms with E-state index in [9.17, 15) is 9.59 Å².